The van der Waals surface area contributed by atoms with Crippen molar-refractivity contribution in [3.8, 4) is 5.75 Å². The van der Waals surface area contributed by atoms with Crippen LogP contribution in [0.4, 0.5) is 28.0 Å². The normalized spacial score (nSPS) is 17.5. The van der Waals surface area contributed by atoms with Crippen molar-refractivity contribution < 1.29 is 45.0 Å². The lowest BCUT2D eigenvalue weighted by Crippen LogP contribution is -2.58. The Balaban J connectivity index is 1.47. The molecule has 1 saturated heterocycles. The number of hydrogen-bond acceptors (Lipinski definition) is 7. The first-order valence-corrected chi connectivity index (χ1v) is 17.8. The number of carbonyl (C=O) groups is 2. The van der Waals surface area contributed by atoms with Crippen LogP contribution in [0.5, 0.6) is 5.75 Å². The molecule has 1 aliphatic rings. The first-order valence-electron chi connectivity index (χ1n) is 16.4. The lowest BCUT2D eigenvalue weighted by molar-refractivity contribution is -0.118. The van der Waals surface area contributed by atoms with Gasteiger partial charge in [-0.25, -0.2) is 30.8 Å². The minimum Gasteiger partial charge on any atom is -0.495 e. The zero-order valence-corrected chi connectivity index (χ0v) is 29.4. The number of para-hydroxylation sites is 1. The third kappa shape index (κ3) is 8.54. The molecule has 0 aliphatic carbocycles. The monoisotopic (exact) mass is 742 g/mol. The summed E-state index contributed by atoms with van der Waals surface area (Å²) in [4.78, 5) is 26.7. The summed E-state index contributed by atoms with van der Waals surface area (Å²) in [6, 6.07) is 14.9. The molecule has 52 heavy (non-hydrogen) atoms. The molecule has 0 radical (unpaired) electrons. The van der Waals surface area contributed by atoms with Gasteiger partial charge in [-0.3, -0.25) is 4.79 Å². The van der Waals surface area contributed by atoms with E-state index in [4.69, 9.17) is 9.47 Å². The Morgan fingerprint density at radius 1 is 0.885 bits per heavy atom. The summed E-state index contributed by atoms with van der Waals surface area (Å²) in [7, 11) is -1.63. The second-order valence-corrected chi connectivity index (χ2v) is 14.1. The molecule has 4 atom stereocenters. The number of methoxy groups -OCH3 is 2. The highest BCUT2D eigenvalue weighted by Gasteiger charge is 2.39. The Hall–Kier alpha value is -4.99. The molecule has 0 aromatic heterocycles. The van der Waals surface area contributed by atoms with Gasteiger partial charge in [0.2, 0.25) is 15.9 Å². The summed E-state index contributed by atoms with van der Waals surface area (Å²) in [5, 5.41) is 8.28. The topological polar surface area (TPSA) is 126 Å². The molecular formula is C37H38F4N4O6S. The molecule has 4 aromatic carbocycles. The van der Waals surface area contributed by atoms with Crippen molar-refractivity contribution in [1.29, 1.82) is 0 Å². The minimum absolute atomic E-state index is 0.00636. The van der Waals surface area contributed by atoms with Crippen molar-refractivity contribution in [2.24, 2.45) is 0 Å². The number of piperazine rings is 1. The lowest BCUT2D eigenvalue weighted by atomic mass is 9.84. The summed E-state index contributed by atoms with van der Waals surface area (Å²) in [5.74, 6) is -5.22. The van der Waals surface area contributed by atoms with Crippen LogP contribution in [-0.4, -0.2) is 70.2 Å². The Morgan fingerprint density at radius 3 is 2.25 bits per heavy atom. The molecule has 5 rings (SSSR count). The highest BCUT2D eigenvalue weighted by molar-refractivity contribution is 7.89. The maximum absolute atomic E-state index is 15.6. The van der Waals surface area contributed by atoms with Crippen LogP contribution < -0.4 is 20.7 Å². The number of benzene rings is 4. The van der Waals surface area contributed by atoms with Gasteiger partial charge < -0.3 is 25.4 Å². The number of halogens is 4. The number of anilines is 1. The fraction of sp³-hybridized carbons (Fsp3) is 0.297. The summed E-state index contributed by atoms with van der Waals surface area (Å²) in [5.41, 5.74) is 0.227. The fourth-order valence-corrected chi connectivity index (χ4v) is 8.55. The molecular weight excluding hydrogens is 704 g/mol. The van der Waals surface area contributed by atoms with Gasteiger partial charge in [0.1, 0.15) is 40.0 Å². The second-order valence-electron chi connectivity index (χ2n) is 12.3. The number of ether oxygens (including phenoxy) is 2. The Morgan fingerprint density at radius 2 is 1.58 bits per heavy atom. The third-order valence-corrected chi connectivity index (χ3v) is 11.0. The average molecular weight is 743 g/mol. The van der Waals surface area contributed by atoms with Gasteiger partial charge in [0.25, 0.3) is 0 Å². The number of amides is 2. The van der Waals surface area contributed by atoms with Gasteiger partial charge in [-0.2, -0.15) is 4.31 Å². The van der Waals surface area contributed by atoms with Crippen molar-refractivity contribution in [2.45, 2.75) is 48.7 Å². The van der Waals surface area contributed by atoms with E-state index in [1.807, 2.05) is 0 Å². The maximum atomic E-state index is 15.6. The van der Waals surface area contributed by atoms with Gasteiger partial charge in [0.15, 0.2) is 0 Å². The van der Waals surface area contributed by atoms with Crippen LogP contribution in [0.3, 0.4) is 0 Å². The molecule has 2 unspecified atom stereocenters. The van der Waals surface area contributed by atoms with Crippen LogP contribution in [0, 0.1) is 23.3 Å². The number of rotatable bonds is 12. The van der Waals surface area contributed by atoms with E-state index in [2.05, 4.69) is 16.0 Å². The van der Waals surface area contributed by atoms with Crippen molar-refractivity contribution in [3.05, 3.63) is 125 Å². The quantitative estimate of drug-likeness (QED) is 0.158. The summed E-state index contributed by atoms with van der Waals surface area (Å²) >= 11 is 0. The van der Waals surface area contributed by atoms with Crippen LogP contribution in [-0.2, 0) is 26.0 Å². The summed E-state index contributed by atoms with van der Waals surface area (Å²) in [6.45, 7) is 2.41. The number of nitrogens with zero attached hydrogens (tertiary/aromatic N) is 1. The van der Waals surface area contributed by atoms with Crippen LogP contribution in [0.1, 0.15) is 36.0 Å². The predicted octanol–water partition coefficient (Wildman–Crippen LogP) is 5.73. The highest BCUT2D eigenvalue weighted by atomic mass is 32.2. The van der Waals surface area contributed by atoms with Gasteiger partial charge in [-0.05, 0) is 79.4 Å². The van der Waals surface area contributed by atoms with Crippen LogP contribution >= 0.6 is 0 Å². The van der Waals surface area contributed by atoms with E-state index in [-0.39, 0.29) is 52.4 Å². The molecule has 1 heterocycles. The zero-order valence-electron chi connectivity index (χ0n) is 28.5. The highest BCUT2D eigenvalue weighted by Crippen LogP contribution is 2.34. The van der Waals surface area contributed by atoms with E-state index >= 15 is 4.39 Å². The zero-order chi connectivity index (χ0) is 37.6. The Kier molecular flexibility index (Phi) is 12.2. The molecule has 2 amide bonds. The minimum atomic E-state index is -4.07. The number of alkyl carbamates (subject to hydrolysis) is 1. The molecule has 1 aliphatic heterocycles. The van der Waals surface area contributed by atoms with E-state index < -0.39 is 69.3 Å². The van der Waals surface area contributed by atoms with Gasteiger partial charge in [0.05, 0.1) is 14.2 Å². The molecule has 3 N–H and O–H groups in total. The summed E-state index contributed by atoms with van der Waals surface area (Å²) in [6.07, 6.45) is -0.941. The van der Waals surface area contributed by atoms with E-state index in [0.29, 0.717) is 12.6 Å². The Labute approximate surface area is 299 Å². The fourth-order valence-electron chi connectivity index (χ4n) is 6.55. The molecule has 15 heteroatoms. The first kappa shape index (κ1) is 38.2. The lowest BCUT2D eigenvalue weighted by Gasteiger charge is -2.40. The van der Waals surface area contributed by atoms with Crippen molar-refractivity contribution in [3.63, 3.8) is 0 Å². The maximum Gasteiger partial charge on any atom is 0.407 e. The molecule has 0 saturated carbocycles. The van der Waals surface area contributed by atoms with Gasteiger partial charge in [-0.1, -0.05) is 30.3 Å². The smallest absolute Gasteiger partial charge is 0.407 e. The summed E-state index contributed by atoms with van der Waals surface area (Å²) < 4.78 is 98.0. The average Bonchev–Trinajstić information content (AvgIpc) is 3.11. The first-order chi connectivity index (χ1) is 24.8. The van der Waals surface area contributed by atoms with Crippen molar-refractivity contribution >= 4 is 27.7 Å². The van der Waals surface area contributed by atoms with E-state index in [1.165, 1.54) is 47.8 Å². The largest absolute Gasteiger partial charge is 0.495 e. The van der Waals surface area contributed by atoms with Crippen LogP contribution in [0.2, 0.25) is 0 Å². The van der Waals surface area contributed by atoms with Crippen LogP contribution in [0.25, 0.3) is 0 Å². The van der Waals surface area contributed by atoms with E-state index in [0.717, 1.165) is 31.4 Å². The SMILES string of the molecule is COC(=O)NC(C(=O)Nc1cccc(F)c1CC[C@H]1CNC[C@H](C)N1S(=O)(=O)c1ccccc1OC)C(c1ccc(F)cc1)c1cc(F)cc(F)c1. The van der Waals surface area contributed by atoms with E-state index in [9.17, 15) is 31.2 Å². The predicted molar refractivity (Wildman–Crippen MR) is 185 cm³/mol. The van der Waals surface area contributed by atoms with Gasteiger partial charge in [-0.15, -0.1) is 0 Å². The second kappa shape index (κ2) is 16.6. The molecule has 10 nitrogen and oxygen atoms in total. The molecule has 1 fully saturated rings. The Bertz CT molecular complexity index is 2000. The third-order valence-electron chi connectivity index (χ3n) is 8.89. The molecule has 276 valence electrons. The van der Waals surface area contributed by atoms with Crippen LogP contribution in [0.15, 0.2) is 89.8 Å². The van der Waals surface area contributed by atoms with Gasteiger partial charge >= 0.3 is 6.09 Å². The number of sulfonamides is 1. The number of nitrogens with one attached hydrogen (secondary N) is 3. The standard InChI is InChI=1S/C37H38F4N4O6S/c1-22-20-42-21-28(45(22)52(48,49)33-10-5-4-9-32(33)50-2)15-16-29-30(41)7-6-8-31(29)43-36(46)35(44-37(47)51-3)34(23-11-13-25(38)14-12-23)24-17-26(39)19-27(40)18-24/h4-14,17-19,22,28,34-35,42H,15-16,20-21H2,1-3H3,(H,43,46)(H,44,47)/t22-,28-,34?,35?/m0/s1. The van der Waals surface area contributed by atoms with E-state index in [1.54, 1.807) is 25.1 Å². The molecule has 4 aromatic rings. The number of carbonyl (C=O) groups excluding carboxylic acids is 2. The van der Waals surface area contributed by atoms with Crippen molar-refractivity contribution in [2.75, 3.05) is 32.6 Å². The molecule has 0 spiro atoms. The number of hydrogen-bond donors (Lipinski definition) is 3. The van der Waals surface area contributed by atoms with Gasteiger partial charge in [0, 0.05) is 48.4 Å². The molecule has 0 bridgehead atoms. The van der Waals surface area contributed by atoms with Crippen molar-refractivity contribution in [1.82, 2.24) is 14.9 Å².